The summed E-state index contributed by atoms with van der Waals surface area (Å²) in [5.74, 6) is -0.531. The van der Waals surface area contributed by atoms with Gasteiger partial charge in [0.2, 0.25) is 0 Å². The van der Waals surface area contributed by atoms with Crippen LogP contribution in [0.3, 0.4) is 0 Å². The number of carbonyl (C=O) groups excluding carboxylic acids is 1. The van der Waals surface area contributed by atoms with E-state index >= 15 is 0 Å². The number of phenolic OH excluding ortho intramolecular Hbond substituents is 3. The molecule has 3 aliphatic rings. The lowest BCUT2D eigenvalue weighted by Crippen LogP contribution is -2.23. The molecule has 1 heterocycles. The number of hydrogen-bond acceptors (Lipinski definition) is 6. The van der Waals surface area contributed by atoms with Crippen molar-refractivity contribution < 1.29 is 29.6 Å². The lowest BCUT2D eigenvalue weighted by molar-refractivity contribution is 0.0840. The van der Waals surface area contributed by atoms with Crippen LogP contribution in [0.2, 0.25) is 0 Å². The van der Waals surface area contributed by atoms with Crippen LogP contribution in [0.15, 0.2) is 66.8 Å². The van der Waals surface area contributed by atoms with E-state index in [0.29, 0.717) is 35.3 Å². The smallest absolute Gasteiger partial charge is 0.174 e. The highest BCUT2D eigenvalue weighted by atomic mass is 16.5. The summed E-state index contributed by atoms with van der Waals surface area (Å²) in [6.45, 7) is 0. The number of methoxy groups -OCH3 is 1. The molecular weight excluding hydrogens is 432 g/mol. The van der Waals surface area contributed by atoms with Gasteiger partial charge >= 0.3 is 0 Å². The molecule has 174 valence electrons. The molecular formula is C28H26O6. The molecule has 2 aromatic carbocycles. The summed E-state index contributed by atoms with van der Waals surface area (Å²) in [7, 11) is 1.46. The van der Waals surface area contributed by atoms with Crippen molar-refractivity contribution in [3.63, 3.8) is 0 Å². The molecule has 34 heavy (non-hydrogen) atoms. The van der Waals surface area contributed by atoms with Crippen LogP contribution in [0.5, 0.6) is 28.7 Å². The Kier molecular flexibility index (Phi) is 5.65. The van der Waals surface area contributed by atoms with Gasteiger partial charge in [0.05, 0.1) is 13.5 Å². The minimum Gasteiger partial charge on any atom is -0.507 e. The summed E-state index contributed by atoms with van der Waals surface area (Å²) in [4.78, 5) is 13.4. The number of aromatic hydroxyl groups is 3. The average Bonchev–Trinajstić information content (AvgIpc) is 2.85. The van der Waals surface area contributed by atoms with Gasteiger partial charge in [0, 0.05) is 23.0 Å². The van der Waals surface area contributed by atoms with Gasteiger partial charge in [-0.05, 0) is 30.5 Å². The van der Waals surface area contributed by atoms with Crippen LogP contribution in [-0.4, -0.2) is 28.2 Å². The Labute approximate surface area is 197 Å². The second-order valence-electron chi connectivity index (χ2n) is 8.70. The standard InChI is InChI=1S/C28H26O6/c1-33-21-13-12-18(14-19(21)29)22-15-20(30)25-27(32)23(16-8-4-2-5-9-16)26(31)24(28(25)34-22)17-10-6-3-7-11-17/h2-8,10,12-14,16-17,22,29,31-32H,9,11,15H2,1H3. The number of allylic oxidation sites excluding steroid dienone is 8. The molecule has 0 aromatic heterocycles. The van der Waals surface area contributed by atoms with Gasteiger partial charge in [-0.1, -0.05) is 54.7 Å². The molecule has 0 spiro atoms. The fourth-order valence-corrected chi connectivity index (χ4v) is 4.95. The number of benzene rings is 2. The van der Waals surface area contributed by atoms with Crippen molar-refractivity contribution in [3.05, 3.63) is 89.1 Å². The summed E-state index contributed by atoms with van der Waals surface area (Å²) in [5, 5.41) is 32.9. The third-order valence-corrected chi connectivity index (χ3v) is 6.66. The van der Waals surface area contributed by atoms with Gasteiger partial charge in [0.15, 0.2) is 17.3 Å². The quantitative estimate of drug-likeness (QED) is 0.542. The van der Waals surface area contributed by atoms with Gasteiger partial charge in [-0.3, -0.25) is 4.79 Å². The molecule has 1 aliphatic heterocycles. The molecule has 3 N–H and O–H groups in total. The van der Waals surface area contributed by atoms with Gasteiger partial charge in [-0.2, -0.15) is 0 Å². The Morgan fingerprint density at radius 2 is 1.59 bits per heavy atom. The van der Waals surface area contributed by atoms with Crippen molar-refractivity contribution in [2.24, 2.45) is 0 Å². The number of ether oxygens (including phenoxy) is 2. The van der Waals surface area contributed by atoms with Gasteiger partial charge in [0.25, 0.3) is 0 Å². The number of ketones is 1. The summed E-state index contributed by atoms with van der Waals surface area (Å²) in [6.07, 6.45) is 16.0. The predicted octanol–water partition coefficient (Wildman–Crippen LogP) is 5.72. The lowest BCUT2D eigenvalue weighted by atomic mass is 9.80. The molecule has 5 rings (SSSR count). The number of carbonyl (C=O) groups is 1. The van der Waals surface area contributed by atoms with E-state index in [9.17, 15) is 20.1 Å². The van der Waals surface area contributed by atoms with Crippen LogP contribution in [0.25, 0.3) is 0 Å². The number of phenols is 3. The van der Waals surface area contributed by atoms with Crippen molar-refractivity contribution >= 4 is 5.78 Å². The van der Waals surface area contributed by atoms with Crippen LogP contribution < -0.4 is 9.47 Å². The van der Waals surface area contributed by atoms with E-state index < -0.39 is 6.10 Å². The molecule has 6 heteroatoms. The Balaban J connectivity index is 1.66. The van der Waals surface area contributed by atoms with Gasteiger partial charge in [-0.15, -0.1) is 0 Å². The fourth-order valence-electron chi connectivity index (χ4n) is 4.95. The third kappa shape index (κ3) is 3.65. The number of hydrogen-bond donors (Lipinski definition) is 3. The van der Waals surface area contributed by atoms with E-state index in [0.717, 1.165) is 0 Å². The molecule has 0 saturated carbocycles. The van der Waals surface area contributed by atoms with Crippen LogP contribution >= 0.6 is 0 Å². The van der Waals surface area contributed by atoms with Crippen LogP contribution in [0.1, 0.15) is 64.3 Å². The fraction of sp³-hybridized carbons (Fsp3) is 0.250. The predicted molar refractivity (Wildman–Crippen MR) is 128 cm³/mol. The topological polar surface area (TPSA) is 96.2 Å². The lowest BCUT2D eigenvalue weighted by Gasteiger charge is -2.32. The van der Waals surface area contributed by atoms with Crippen molar-refractivity contribution in [3.8, 4) is 28.7 Å². The van der Waals surface area contributed by atoms with E-state index in [4.69, 9.17) is 9.47 Å². The zero-order valence-corrected chi connectivity index (χ0v) is 18.8. The number of Topliss-reactive ketones (excluding diaryl/α,β-unsaturated/α-hetero) is 1. The van der Waals surface area contributed by atoms with Crippen LogP contribution in [0.4, 0.5) is 0 Å². The van der Waals surface area contributed by atoms with Gasteiger partial charge in [0.1, 0.15) is 28.9 Å². The maximum absolute atomic E-state index is 13.4. The molecule has 2 aliphatic carbocycles. The first-order valence-corrected chi connectivity index (χ1v) is 11.3. The number of rotatable bonds is 4. The van der Waals surface area contributed by atoms with E-state index in [1.54, 1.807) is 12.1 Å². The van der Waals surface area contributed by atoms with Gasteiger partial charge in [-0.25, -0.2) is 0 Å². The highest BCUT2D eigenvalue weighted by Crippen LogP contribution is 2.54. The van der Waals surface area contributed by atoms with E-state index in [1.807, 2.05) is 48.6 Å². The minimum atomic E-state index is -0.680. The summed E-state index contributed by atoms with van der Waals surface area (Å²) < 4.78 is 11.4. The first-order valence-electron chi connectivity index (χ1n) is 11.3. The van der Waals surface area contributed by atoms with Crippen molar-refractivity contribution in [2.75, 3.05) is 7.11 Å². The molecule has 0 fully saturated rings. The molecule has 0 amide bonds. The molecule has 6 nitrogen and oxygen atoms in total. The highest BCUT2D eigenvalue weighted by Gasteiger charge is 2.39. The van der Waals surface area contributed by atoms with Crippen molar-refractivity contribution in [1.29, 1.82) is 0 Å². The summed E-state index contributed by atoms with van der Waals surface area (Å²) in [5.41, 5.74) is 1.57. The Morgan fingerprint density at radius 1 is 0.912 bits per heavy atom. The van der Waals surface area contributed by atoms with Crippen LogP contribution in [-0.2, 0) is 0 Å². The van der Waals surface area contributed by atoms with E-state index in [-0.39, 0.29) is 52.6 Å². The SMILES string of the molecule is COc1ccc(C2CC(=O)c3c(O)c(C4C=CC=CC4)c(O)c(C4C=CC=CC4)c3O2)cc1O. The first-order chi connectivity index (χ1) is 16.5. The first kappa shape index (κ1) is 21.9. The molecule has 0 bridgehead atoms. The second kappa shape index (κ2) is 8.78. The Morgan fingerprint density at radius 3 is 2.18 bits per heavy atom. The van der Waals surface area contributed by atoms with E-state index in [1.165, 1.54) is 13.2 Å². The number of fused-ring (bicyclic) bond motifs is 1. The van der Waals surface area contributed by atoms with Crippen molar-refractivity contribution in [2.45, 2.75) is 37.2 Å². The zero-order chi connectivity index (χ0) is 23.8. The average molecular weight is 459 g/mol. The molecule has 0 saturated heterocycles. The largest absolute Gasteiger partial charge is 0.507 e. The summed E-state index contributed by atoms with van der Waals surface area (Å²) >= 11 is 0. The second-order valence-corrected chi connectivity index (χ2v) is 8.70. The normalized spacial score (nSPS) is 23.0. The Bertz CT molecular complexity index is 1270. The zero-order valence-electron chi connectivity index (χ0n) is 18.8. The Hall–Kier alpha value is -3.93. The highest BCUT2D eigenvalue weighted by molar-refractivity contribution is 6.04. The minimum absolute atomic E-state index is 0.00317. The molecule has 0 radical (unpaired) electrons. The molecule has 2 aromatic rings. The maximum atomic E-state index is 13.4. The maximum Gasteiger partial charge on any atom is 0.174 e. The van der Waals surface area contributed by atoms with Crippen LogP contribution in [0, 0.1) is 0 Å². The van der Waals surface area contributed by atoms with E-state index in [2.05, 4.69) is 0 Å². The molecule has 3 atom stereocenters. The monoisotopic (exact) mass is 458 g/mol. The van der Waals surface area contributed by atoms with Crippen molar-refractivity contribution in [1.82, 2.24) is 0 Å². The van der Waals surface area contributed by atoms with Gasteiger partial charge < -0.3 is 24.8 Å². The molecule has 3 unspecified atom stereocenters. The summed E-state index contributed by atoms with van der Waals surface area (Å²) in [6, 6.07) is 4.86. The third-order valence-electron chi connectivity index (χ3n) is 6.66.